The molecular weight excluding hydrogens is 184 g/mol. The van der Waals surface area contributed by atoms with Crippen LogP contribution in [0.25, 0.3) is 11.1 Å². The normalized spacial score (nSPS) is 13.3. The smallest absolute Gasteiger partial charge is 0.211 e. The van der Waals surface area contributed by atoms with Gasteiger partial charge in [0.25, 0.3) is 0 Å². The minimum absolute atomic E-state index is 0.197. The summed E-state index contributed by atoms with van der Waals surface area (Å²) in [5.41, 5.74) is 4.49. The van der Waals surface area contributed by atoms with Gasteiger partial charge in [0, 0.05) is 0 Å². The number of hydrogen-bond acceptors (Lipinski definition) is 1. The van der Waals surface area contributed by atoms with Gasteiger partial charge in [-0.05, 0) is 22.3 Å². The third-order valence-corrected chi connectivity index (χ3v) is 2.95. The van der Waals surface area contributed by atoms with E-state index < -0.39 is 0 Å². The Balaban J connectivity index is 2.35. The minimum atomic E-state index is -0.197. The summed E-state index contributed by atoms with van der Waals surface area (Å²) < 4.78 is 0. The molecule has 0 fully saturated rings. The lowest BCUT2D eigenvalue weighted by Crippen LogP contribution is -1.96. The van der Waals surface area contributed by atoms with E-state index in [-0.39, 0.29) is 5.92 Å². The third kappa shape index (κ3) is 1.06. The van der Waals surface area contributed by atoms with Crippen molar-refractivity contribution >= 4 is 6.29 Å². The van der Waals surface area contributed by atoms with E-state index in [9.17, 15) is 4.79 Å². The van der Waals surface area contributed by atoms with E-state index in [1.54, 1.807) is 0 Å². The second-order valence-electron chi connectivity index (χ2n) is 3.73. The van der Waals surface area contributed by atoms with Gasteiger partial charge in [-0.1, -0.05) is 48.5 Å². The van der Waals surface area contributed by atoms with Crippen LogP contribution in [-0.4, -0.2) is 6.29 Å². The standard InChI is InChI=1S/C14H9O/c15-9-14-12-7-3-1-5-10(12)11-6-2-4-8-13(11)14/h1-8,14H. The summed E-state index contributed by atoms with van der Waals surface area (Å²) in [4.78, 5) is 11.0. The number of benzene rings is 2. The molecule has 0 aliphatic heterocycles. The first-order valence-corrected chi connectivity index (χ1v) is 4.97. The second-order valence-corrected chi connectivity index (χ2v) is 3.73. The summed E-state index contributed by atoms with van der Waals surface area (Å²) in [5.74, 6) is -0.197. The molecule has 1 radical (unpaired) electrons. The number of carbonyl (C=O) groups excluding carboxylic acids is 1. The molecule has 0 heterocycles. The van der Waals surface area contributed by atoms with Crippen LogP contribution < -0.4 is 0 Å². The summed E-state index contributed by atoms with van der Waals surface area (Å²) in [5, 5.41) is 0. The van der Waals surface area contributed by atoms with Crippen LogP contribution in [-0.2, 0) is 4.79 Å². The van der Waals surface area contributed by atoms with Crippen molar-refractivity contribution in [3.05, 3.63) is 59.7 Å². The Kier molecular flexibility index (Phi) is 1.72. The lowest BCUT2D eigenvalue weighted by atomic mass is 9.99. The molecule has 0 saturated carbocycles. The quantitative estimate of drug-likeness (QED) is 0.680. The van der Waals surface area contributed by atoms with Crippen LogP contribution in [0.1, 0.15) is 17.0 Å². The fourth-order valence-corrected chi connectivity index (χ4v) is 2.28. The van der Waals surface area contributed by atoms with Crippen LogP contribution in [0, 0.1) is 0 Å². The van der Waals surface area contributed by atoms with Gasteiger partial charge < -0.3 is 0 Å². The van der Waals surface area contributed by atoms with Crippen LogP contribution in [0.2, 0.25) is 0 Å². The largest absolute Gasteiger partial charge is 0.290 e. The van der Waals surface area contributed by atoms with Crippen LogP contribution in [0.3, 0.4) is 0 Å². The zero-order valence-electron chi connectivity index (χ0n) is 8.10. The topological polar surface area (TPSA) is 17.1 Å². The molecule has 0 unspecified atom stereocenters. The van der Waals surface area contributed by atoms with Crippen molar-refractivity contribution in [3.63, 3.8) is 0 Å². The van der Waals surface area contributed by atoms with Crippen molar-refractivity contribution in [1.29, 1.82) is 0 Å². The van der Waals surface area contributed by atoms with Crippen molar-refractivity contribution in [2.75, 3.05) is 0 Å². The molecule has 1 aliphatic rings. The van der Waals surface area contributed by atoms with Crippen molar-refractivity contribution in [2.24, 2.45) is 0 Å². The molecule has 2 aromatic carbocycles. The van der Waals surface area contributed by atoms with Gasteiger partial charge in [-0.2, -0.15) is 0 Å². The highest BCUT2D eigenvalue weighted by atomic mass is 16.1. The first kappa shape index (κ1) is 8.42. The number of rotatable bonds is 1. The molecule has 1 aliphatic carbocycles. The highest BCUT2D eigenvalue weighted by molar-refractivity contribution is 5.87. The SMILES string of the molecule is O=[C]C1c2ccccc2-c2ccccc21. The zero-order valence-corrected chi connectivity index (χ0v) is 8.10. The number of hydrogen-bond donors (Lipinski definition) is 0. The molecule has 0 bridgehead atoms. The summed E-state index contributed by atoms with van der Waals surface area (Å²) in [6, 6.07) is 16.1. The van der Waals surface area contributed by atoms with Gasteiger partial charge in [0.1, 0.15) is 0 Å². The average Bonchev–Trinajstić information content (AvgIpc) is 2.63. The molecule has 0 N–H and O–H groups in total. The van der Waals surface area contributed by atoms with Crippen LogP contribution >= 0.6 is 0 Å². The minimum Gasteiger partial charge on any atom is -0.290 e. The Morgan fingerprint density at radius 1 is 0.800 bits per heavy atom. The molecule has 0 amide bonds. The molecule has 3 rings (SSSR count). The molecular formula is C14H9O. The van der Waals surface area contributed by atoms with E-state index in [1.807, 2.05) is 36.4 Å². The summed E-state index contributed by atoms with van der Waals surface area (Å²) in [6.07, 6.45) is 2.13. The molecule has 1 nitrogen and oxygen atoms in total. The molecule has 0 spiro atoms. The van der Waals surface area contributed by atoms with Gasteiger partial charge in [-0.25, -0.2) is 0 Å². The molecule has 2 aromatic rings. The van der Waals surface area contributed by atoms with E-state index in [0.717, 1.165) is 11.1 Å². The van der Waals surface area contributed by atoms with Gasteiger partial charge >= 0.3 is 0 Å². The maximum absolute atomic E-state index is 11.0. The summed E-state index contributed by atoms with van der Waals surface area (Å²) in [6.45, 7) is 0. The van der Waals surface area contributed by atoms with Crippen LogP contribution in [0.5, 0.6) is 0 Å². The van der Waals surface area contributed by atoms with Crippen molar-refractivity contribution in [1.82, 2.24) is 0 Å². The summed E-state index contributed by atoms with van der Waals surface area (Å²) >= 11 is 0. The van der Waals surface area contributed by atoms with Gasteiger partial charge in [0.2, 0.25) is 6.29 Å². The van der Waals surface area contributed by atoms with E-state index >= 15 is 0 Å². The van der Waals surface area contributed by atoms with Crippen LogP contribution in [0.4, 0.5) is 0 Å². The van der Waals surface area contributed by atoms with Gasteiger partial charge in [0.05, 0.1) is 5.92 Å². The van der Waals surface area contributed by atoms with E-state index in [4.69, 9.17) is 0 Å². The van der Waals surface area contributed by atoms with Crippen molar-refractivity contribution in [2.45, 2.75) is 5.92 Å². The van der Waals surface area contributed by atoms with Crippen molar-refractivity contribution in [3.8, 4) is 11.1 Å². The Hall–Kier alpha value is -1.89. The maximum Gasteiger partial charge on any atom is 0.211 e. The molecule has 0 aromatic heterocycles. The predicted molar refractivity (Wildman–Crippen MR) is 59.4 cm³/mol. The molecule has 0 saturated heterocycles. The predicted octanol–water partition coefficient (Wildman–Crippen LogP) is 2.91. The Bertz CT molecular complexity index is 483. The summed E-state index contributed by atoms with van der Waals surface area (Å²) in [7, 11) is 0. The second kappa shape index (κ2) is 3.06. The fraction of sp³-hybridized carbons (Fsp3) is 0.0714. The van der Waals surface area contributed by atoms with E-state index in [0.29, 0.717) is 0 Å². The van der Waals surface area contributed by atoms with E-state index in [1.165, 1.54) is 11.1 Å². The highest BCUT2D eigenvalue weighted by Gasteiger charge is 2.27. The third-order valence-electron chi connectivity index (χ3n) is 2.95. The first-order valence-electron chi connectivity index (χ1n) is 4.97. The van der Waals surface area contributed by atoms with Gasteiger partial charge in [-0.3, -0.25) is 4.79 Å². The monoisotopic (exact) mass is 193 g/mol. The van der Waals surface area contributed by atoms with E-state index in [2.05, 4.69) is 18.4 Å². The first-order chi connectivity index (χ1) is 7.42. The van der Waals surface area contributed by atoms with Crippen molar-refractivity contribution < 1.29 is 4.79 Å². The number of fused-ring (bicyclic) bond motifs is 3. The van der Waals surface area contributed by atoms with Crippen LogP contribution in [0.15, 0.2) is 48.5 Å². The van der Waals surface area contributed by atoms with Gasteiger partial charge in [0.15, 0.2) is 0 Å². The lowest BCUT2D eigenvalue weighted by molar-refractivity contribution is 0.550. The maximum atomic E-state index is 11.0. The molecule has 71 valence electrons. The molecule has 0 atom stereocenters. The molecule has 1 heteroatoms. The average molecular weight is 193 g/mol. The Morgan fingerprint density at radius 2 is 1.27 bits per heavy atom. The molecule has 15 heavy (non-hydrogen) atoms. The van der Waals surface area contributed by atoms with Gasteiger partial charge in [-0.15, -0.1) is 0 Å². The Labute approximate surface area is 88.4 Å². The Morgan fingerprint density at radius 3 is 1.73 bits per heavy atom. The fourth-order valence-electron chi connectivity index (χ4n) is 2.28. The zero-order chi connectivity index (χ0) is 10.3. The highest BCUT2D eigenvalue weighted by Crippen LogP contribution is 2.43. The lowest BCUT2D eigenvalue weighted by Gasteiger charge is -2.02.